The lowest BCUT2D eigenvalue weighted by atomic mass is 9.79. The Morgan fingerprint density at radius 2 is 2.36 bits per heavy atom. The summed E-state index contributed by atoms with van der Waals surface area (Å²) in [5, 5.41) is 0. The highest BCUT2D eigenvalue weighted by Crippen LogP contribution is 2.53. The van der Waals surface area contributed by atoms with E-state index >= 15 is 0 Å². The molecular formula is C11H15N3. The molecular weight excluding hydrogens is 174 g/mol. The maximum Gasteiger partial charge on any atom is 0.115 e. The van der Waals surface area contributed by atoms with Crippen LogP contribution in [0.5, 0.6) is 0 Å². The number of nitrogens with two attached hydrogens (primary N) is 1. The number of rotatable bonds is 1. The van der Waals surface area contributed by atoms with Gasteiger partial charge in [0.15, 0.2) is 0 Å². The first-order chi connectivity index (χ1) is 6.79. The molecule has 2 saturated carbocycles. The maximum atomic E-state index is 6.48. The lowest BCUT2D eigenvalue weighted by Crippen LogP contribution is -2.42. The van der Waals surface area contributed by atoms with E-state index < -0.39 is 0 Å². The lowest BCUT2D eigenvalue weighted by Gasteiger charge is -2.32. The van der Waals surface area contributed by atoms with Gasteiger partial charge >= 0.3 is 0 Å². The van der Waals surface area contributed by atoms with Gasteiger partial charge in [0.2, 0.25) is 0 Å². The molecule has 0 aromatic carbocycles. The SMILES string of the molecule is NC1(c2ccncn2)CC2CCC1C2. The first-order valence-electron chi connectivity index (χ1n) is 5.34. The predicted octanol–water partition coefficient (Wildman–Crippen LogP) is 1.45. The fraction of sp³-hybridized carbons (Fsp3) is 0.636. The quantitative estimate of drug-likeness (QED) is 0.727. The van der Waals surface area contributed by atoms with Gasteiger partial charge in [-0.3, -0.25) is 0 Å². The van der Waals surface area contributed by atoms with Gasteiger partial charge in [0.05, 0.1) is 11.2 Å². The van der Waals surface area contributed by atoms with Crippen molar-refractivity contribution in [3.8, 4) is 0 Å². The Hall–Kier alpha value is -0.960. The number of aromatic nitrogens is 2. The molecule has 2 aliphatic rings. The highest BCUT2D eigenvalue weighted by molar-refractivity contribution is 5.19. The minimum atomic E-state index is -0.147. The molecule has 0 amide bonds. The molecule has 3 nitrogen and oxygen atoms in total. The topological polar surface area (TPSA) is 51.8 Å². The third kappa shape index (κ3) is 1.02. The third-order valence-electron chi connectivity index (χ3n) is 3.96. The van der Waals surface area contributed by atoms with E-state index in [2.05, 4.69) is 9.97 Å². The summed E-state index contributed by atoms with van der Waals surface area (Å²) in [4.78, 5) is 8.26. The minimum absolute atomic E-state index is 0.147. The van der Waals surface area contributed by atoms with Gasteiger partial charge in [-0.25, -0.2) is 9.97 Å². The predicted molar refractivity (Wildman–Crippen MR) is 53.3 cm³/mol. The first kappa shape index (κ1) is 8.36. The van der Waals surface area contributed by atoms with Crippen molar-refractivity contribution in [2.24, 2.45) is 17.6 Å². The Bertz CT molecular complexity index is 338. The fourth-order valence-corrected chi connectivity index (χ4v) is 3.25. The zero-order chi connectivity index (χ0) is 9.60. The van der Waals surface area contributed by atoms with Gasteiger partial charge < -0.3 is 5.73 Å². The lowest BCUT2D eigenvalue weighted by molar-refractivity contribution is 0.269. The van der Waals surface area contributed by atoms with Crippen molar-refractivity contribution in [3.05, 3.63) is 24.3 Å². The molecule has 3 heteroatoms. The van der Waals surface area contributed by atoms with E-state index in [4.69, 9.17) is 5.73 Å². The van der Waals surface area contributed by atoms with Gasteiger partial charge in [0.25, 0.3) is 0 Å². The number of hydrogen-bond acceptors (Lipinski definition) is 3. The van der Waals surface area contributed by atoms with Gasteiger partial charge in [-0.1, -0.05) is 6.42 Å². The van der Waals surface area contributed by atoms with E-state index in [1.165, 1.54) is 19.3 Å². The number of hydrogen-bond donors (Lipinski definition) is 1. The normalized spacial score (nSPS) is 40.4. The number of nitrogens with zero attached hydrogens (tertiary/aromatic N) is 2. The van der Waals surface area contributed by atoms with Crippen LogP contribution in [-0.4, -0.2) is 9.97 Å². The van der Waals surface area contributed by atoms with Crippen molar-refractivity contribution >= 4 is 0 Å². The van der Waals surface area contributed by atoms with Crippen LogP contribution in [0, 0.1) is 11.8 Å². The smallest absolute Gasteiger partial charge is 0.115 e. The molecule has 3 rings (SSSR count). The van der Waals surface area contributed by atoms with Crippen LogP contribution in [0.25, 0.3) is 0 Å². The molecule has 0 spiro atoms. The van der Waals surface area contributed by atoms with E-state index in [0.717, 1.165) is 18.0 Å². The molecule has 14 heavy (non-hydrogen) atoms. The fourth-order valence-electron chi connectivity index (χ4n) is 3.25. The standard InChI is InChI=1S/C11H15N3/c12-11(10-3-4-13-7-14-10)6-8-1-2-9(11)5-8/h3-4,7-9H,1-2,5-6,12H2. The monoisotopic (exact) mass is 189 g/mol. The largest absolute Gasteiger partial charge is 0.320 e. The van der Waals surface area contributed by atoms with Gasteiger partial charge in [-0.15, -0.1) is 0 Å². The van der Waals surface area contributed by atoms with Gasteiger partial charge in [-0.2, -0.15) is 0 Å². The van der Waals surface area contributed by atoms with E-state index in [9.17, 15) is 0 Å². The highest BCUT2D eigenvalue weighted by atomic mass is 14.9. The van der Waals surface area contributed by atoms with Gasteiger partial charge in [0, 0.05) is 6.20 Å². The summed E-state index contributed by atoms with van der Waals surface area (Å²) in [6, 6.07) is 1.97. The summed E-state index contributed by atoms with van der Waals surface area (Å²) >= 11 is 0. The molecule has 1 heterocycles. The molecule has 2 fully saturated rings. The second-order valence-electron chi connectivity index (χ2n) is 4.72. The van der Waals surface area contributed by atoms with Gasteiger partial charge in [0.1, 0.15) is 6.33 Å². The van der Waals surface area contributed by atoms with Crippen molar-refractivity contribution in [2.75, 3.05) is 0 Å². The maximum absolute atomic E-state index is 6.48. The zero-order valence-electron chi connectivity index (χ0n) is 8.19. The Morgan fingerprint density at radius 1 is 1.43 bits per heavy atom. The Balaban J connectivity index is 1.98. The molecule has 3 atom stereocenters. The van der Waals surface area contributed by atoms with Gasteiger partial charge in [-0.05, 0) is 37.2 Å². The van der Waals surface area contributed by atoms with Crippen LogP contribution < -0.4 is 5.73 Å². The average Bonchev–Trinajstić information content (AvgIpc) is 2.79. The van der Waals surface area contributed by atoms with E-state index in [1.54, 1.807) is 12.5 Å². The molecule has 0 radical (unpaired) electrons. The van der Waals surface area contributed by atoms with Crippen LogP contribution in [0.15, 0.2) is 18.6 Å². The van der Waals surface area contributed by atoms with Crippen molar-refractivity contribution in [1.82, 2.24) is 9.97 Å². The van der Waals surface area contributed by atoms with Crippen LogP contribution >= 0.6 is 0 Å². The van der Waals surface area contributed by atoms with Crippen LogP contribution in [0.3, 0.4) is 0 Å². The molecule has 2 bridgehead atoms. The second-order valence-corrected chi connectivity index (χ2v) is 4.72. The summed E-state index contributed by atoms with van der Waals surface area (Å²) in [6.07, 6.45) is 8.48. The van der Waals surface area contributed by atoms with Crippen molar-refractivity contribution in [2.45, 2.75) is 31.2 Å². The molecule has 0 saturated heterocycles. The first-order valence-corrected chi connectivity index (χ1v) is 5.34. The second kappa shape index (κ2) is 2.76. The van der Waals surface area contributed by atoms with Crippen molar-refractivity contribution in [1.29, 1.82) is 0 Å². The Morgan fingerprint density at radius 3 is 2.93 bits per heavy atom. The van der Waals surface area contributed by atoms with E-state index in [0.29, 0.717) is 5.92 Å². The molecule has 1 aromatic rings. The molecule has 1 aromatic heterocycles. The Labute approximate surface area is 83.8 Å². The Kier molecular flexibility index (Phi) is 1.65. The van der Waals surface area contributed by atoms with Crippen LogP contribution in [0.2, 0.25) is 0 Å². The number of fused-ring (bicyclic) bond motifs is 2. The summed E-state index contributed by atoms with van der Waals surface area (Å²) in [5.41, 5.74) is 7.37. The minimum Gasteiger partial charge on any atom is -0.320 e. The average molecular weight is 189 g/mol. The summed E-state index contributed by atoms with van der Waals surface area (Å²) in [7, 11) is 0. The summed E-state index contributed by atoms with van der Waals surface area (Å²) in [5.74, 6) is 1.50. The molecule has 3 unspecified atom stereocenters. The zero-order valence-corrected chi connectivity index (χ0v) is 8.19. The van der Waals surface area contributed by atoms with Crippen molar-refractivity contribution < 1.29 is 0 Å². The van der Waals surface area contributed by atoms with E-state index in [1.807, 2.05) is 6.07 Å². The third-order valence-corrected chi connectivity index (χ3v) is 3.96. The van der Waals surface area contributed by atoms with Crippen LogP contribution in [0.4, 0.5) is 0 Å². The van der Waals surface area contributed by atoms with Crippen molar-refractivity contribution in [3.63, 3.8) is 0 Å². The molecule has 0 aliphatic heterocycles. The van der Waals surface area contributed by atoms with Crippen LogP contribution in [-0.2, 0) is 5.54 Å². The summed E-state index contributed by atoms with van der Waals surface area (Å²) in [6.45, 7) is 0. The molecule has 74 valence electrons. The summed E-state index contributed by atoms with van der Waals surface area (Å²) < 4.78 is 0. The van der Waals surface area contributed by atoms with Crippen LogP contribution in [0.1, 0.15) is 31.4 Å². The molecule has 2 N–H and O–H groups in total. The molecule has 2 aliphatic carbocycles. The highest BCUT2D eigenvalue weighted by Gasteiger charge is 2.50. The van der Waals surface area contributed by atoms with E-state index in [-0.39, 0.29) is 5.54 Å².